The Morgan fingerprint density at radius 1 is 1.00 bits per heavy atom. The predicted octanol–water partition coefficient (Wildman–Crippen LogP) is 4.13. The van der Waals surface area contributed by atoms with E-state index in [1.807, 2.05) is 74.7 Å². The summed E-state index contributed by atoms with van der Waals surface area (Å²) >= 11 is 0. The van der Waals surface area contributed by atoms with E-state index in [2.05, 4.69) is 4.98 Å². The zero-order valence-corrected chi connectivity index (χ0v) is 16.3. The highest BCUT2D eigenvalue weighted by atomic mass is 32.2. The van der Waals surface area contributed by atoms with E-state index in [1.165, 1.54) is 8.61 Å². The first-order chi connectivity index (χ1) is 13.1. The second-order valence-corrected chi connectivity index (χ2v) is 8.39. The molecule has 0 spiro atoms. The number of benzene rings is 2. The molecule has 2 heterocycles. The van der Waals surface area contributed by atoms with Gasteiger partial charge in [0.05, 0.1) is 6.04 Å². The fourth-order valence-corrected chi connectivity index (χ4v) is 5.43. The number of H-pyrrole nitrogens is 1. The molecule has 1 N–H and O–H groups in total. The van der Waals surface area contributed by atoms with Crippen LogP contribution in [0.5, 0.6) is 0 Å². The molecule has 1 atom stereocenters. The van der Waals surface area contributed by atoms with Crippen LogP contribution in [0.1, 0.15) is 36.6 Å². The minimum atomic E-state index is -3.64. The molecule has 2 aromatic carbocycles. The summed E-state index contributed by atoms with van der Waals surface area (Å²) in [7, 11) is -3.64. The molecule has 1 aromatic heterocycles. The van der Waals surface area contributed by atoms with Gasteiger partial charge < -0.3 is 4.98 Å². The van der Waals surface area contributed by atoms with Gasteiger partial charge in [-0.2, -0.15) is 12.7 Å². The van der Waals surface area contributed by atoms with Crippen LogP contribution in [0.3, 0.4) is 0 Å². The van der Waals surface area contributed by atoms with Gasteiger partial charge >= 0.3 is 10.2 Å². The van der Waals surface area contributed by atoms with E-state index in [9.17, 15) is 8.42 Å². The van der Waals surface area contributed by atoms with Crippen molar-refractivity contribution in [3.8, 4) is 0 Å². The average Bonchev–Trinajstić information content (AvgIpc) is 3.11. The molecular weight excluding hydrogens is 358 g/mol. The molecule has 27 heavy (non-hydrogen) atoms. The minimum absolute atomic E-state index is 0.409. The molecule has 4 rings (SSSR count). The van der Waals surface area contributed by atoms with Crippen LogP contribution in [-0.4, -0.2) is 35.1 Å². The standard InChI is InChI=1S/C21H23N3O2S/c1-3-23(4-2)27(25,26)24-14-13-16-9-5-6-10-17(16)21(24)19-15-22-20-12-8-7-11-18(19)20/h5-15,21-22H,3-4H2,1-2H3/t21-/m1/s1. The maximum atomic E-state index is 13.4. The molecule has 0 saturated carbocycles. The summed E-state index contributed by atoms with van der Waals surface area (Å²) in [6.45, 7) is 4.60. The molecule has 1 aliphatic heterocycles. The van der Waals surface area contributed by atoms with Crippen molar-refractivity contribution in [2.75, 3.05) is 13.1 Å². The van der Waals surface area contributed by atoms with Gasteiger partial charge in [0.1, 0.15) is 0 Å². The van der Waals surface area contributed by atoms with Crippen LogP contribution >= 0.6 is 0 Å². The summed E-state index contributed by atoms with van der Waals surface area (Å²) < 4.78 is 29.8. The van der Waals surface area contributed by atoms with Crippen molar-refractivity contribution >= 4 is 27.2 Å². The topological polar surface area (TPSA) is 56.4 Å². The monoisotopic (exact) mass is 381 g/mol. The Kier molecular flexibility index (Phi) is 4.53. The zero-order chi connectivity index (χ0) is 19.0. The van der Waals surface area contributed by atoms with Crippen LogP contribution in [0.25, 0.3) is 17.0 Å². The number of nitrogens with zero attached hydrogens (tertiary/aromatic N) is 2. The SMILES string of the molecule is CCN(CC)S(=O)(=O)N1C=Cc2ccccc2[C@@H]1c1c[nH]c2ccccc12. The van der Waals surface area contributed by atoms with Gasteiger partial charge in [-0.25, -0.2) is 0 Å². The summed E-state index contributed by atoms with van der Waals surface area (Å²) in [4.78, 5) is 3.29. The molecule has 5 nitrogen and oxygen atoms in total. The summed E-state index contributed by atoms with van der Waals surface area (Å²) in [6, 6.07) is 15.6. The fourth-order valence-electron chi connectivity index (χ4n) is 3.81. The zero-order valence-electron chi connectivity index (χ0n) is 15.5. The van der Waals surface area contributed by atoms with Gasteiger partial charge in [-0.05, 0) is 23.3 Å². The Labute approximate surface area is 160 Å². The van der Waals surface area contributed by atoms with E-state index in [0.717, 1.165) is 27.6 Å². The lowest BCUT2D eigenvalue weighted by molar-refractivity contribution is 0.369. The maximum absolute atomic E-state index is 13.4. The first-order valence-corrected chi connectivity index (χ1v) is 10.6. The number of aromatic nitrogens is 1. The Balaban J connectivity index is 1.94. The van der Waals surface area contributed by atoms with Crippen LogP contribution < -0.4 is 0 Å². The first-order valence-electron chi connectivity index (χ1n) is 9.19. The van der Waals surface area contributed by atoms with E-state index in [4.69, 9.17) is 0 Å². The summed E-state index contributed by atoms with van der Waals surface area (Å²) in [5.41, 5.74) is 3.98. The molecule has 0 unspecified atom stereocenters. The molecule has 0 aliphatic carbocycles. The molecule has 140 valence electrons. The van der Waals surface area contributed by atoms with Crippen molar-refractivity contribution in [2.24, 2.45) is 0 Å². The Morgan fingerprint density at radius 3 is 2.48 bits per heavy atom. The van der Waals surface area contributed by atoms with Gasteiger partial charge in [0.15, 0.2) is 0 Å². The van der Waals surface area contributed by atoms with Crippen molar-refractivity contribution in [1.82, 2.24) is 13.6 Å². The molecule has 3 aromatic rings. The molecule has 0 saturated heterocycles. The highest BCUT2D eigenvalue weighted by Crippen LogP contribution is 2.40. The van der Waals surface area contributed by atoms with Crippen LogP contribution in [0.4, 0.5) is 0 Å². The van der Waals surface area contributed by atoms with Gasteiger partial charge in [-0.15, -0.1) is 0 Å². The third-order valence-corrected chi connectivity index (χ3v) is 7.19. The van der Waals surface area contributed by atoms with Crippen LogP contribution in [-0.2, 0) is 10.2 Å². The van der Waals surface area contributed by atoms with Gasteiger partial charge in [0.25, 0.3) is 0 Å². The number of fused-ring (bicyclic) bond motifs is 2. The molecule has 0 radical (unpaired) electrons. The molecule has 0 bridgehead atoms. The molecule has 1 aliphatic rings. The van der Waals surface area contributed by atoms with Gasteiger partial charge in [0, 0.05) is 42.0 Å². The largest absolute Gasteiger partial charge is 0.361 e. The van der Waals surface area contributed by atoms with E-state index in [-0.39, 0.29) is 0 Å². The third kappa shape index (κ3) is 2.85. The summed E-state index contributed by atoms with van der Waals surface area (Å²) in [6.07, 6.45) is 5.50. The Morgan fingerprint density at radius 2 is 1.70 bits per heavy atom. The van der Waals surface area contributed by atoms with E-state index >= 15 is 0 Å². The summed E-state index contributed by atoms with van der Waals surface area (Å²) in [5.74, 6) is 0. The predicted molar refractivity (Wildman–Crippen MR) is 109 cm³/mol. The van der Waals surface area contributed by atoms with Gasteiger partial charge in [-0.1, -0.05) is 56.3 Å². The van der Waals surface area contributed by atoms with Gasteiger partial charge in [-0.3, -0.25) is 4.31 Å². The lowest BCUT2D eigenvalue weighted by Crippen LogP contribution is -2.43. The highest BCUT2D eigenvalue weighted by Gasteiger charge is 2.36. The number of aromatic amines is 1. The molecular formula is C21H23N3O2S. The molecule has 6 heteroatoms. The average molecular weight is 382 g/mol. The van der Waals surface area contributed by atoms with E-state index in [0.29, 0.717) is 13.1 Å². The van der Waals surface area contributed by atoms with Gasteiger partial charge in [0.2, 0.25) is 0 Å². The highest BCUT2D eigenvalue weighted by molar-refractivity contribution is 7.86. The van der Waals surface area contributed by atoms with Crippen LogP contribution in [0.15, 0.2) is 60.9 Å². The maximum Gasteiger partial charge on any atom is 0.304 e. The minimum Gasteiger partial charge on any atom is -0.361 e. The number of para-hydroxylation sites is 1. The van der Waals surface area contributed by atoms with E-state index in [1.54, 1.807) is 6.20 Å². The van der Waals surface area contributed by atoms with Crippen molar-refractivity contribution in [2.45, 2.75) is 19.9 Å². The number of hydrogen-bond acceptors (Lipinski definition) is 2. The normalized spacial score (nSPS) is 16.9. The van der Waals surface area contributed by atoms with E-state index < -0.39 is 16.3 Å². The lowest BCUT2D eigenvalue weighted by Gasteiger charge is -2.36. The molecule has 0 amide bonds. The second-order valence-electron chi connectivity index (χ2n) is 6.56. The third-order valence-electron chi connectivity index (χ3n) is 5.16. The number of nitrogens with one attached hydrogen (secondary N) is 1. The first kappa shape index (κ1) is 17.8. The number of hydrogen-bond donors (Lipinski definition) is 1. The smallest absolute Gasteiger partial charge is 0.304 e. The summed E-state index contributed by atoms with van der Waals surface area (Å²) in [5, 5.41) is 1.03. The Bertz CT molecular complexity index is 1100. The Hall–Kier alpha value is -2.57. The lowest BCUT2D eigenvalue weighted by atomic mass is 9.92. The van der Waals surface area contributed by atoms with Crippen molar-refractivity contribution in [3.05, 3.63) is 77.6 Å². The second kappa shape index (κ2) is 6.87. The quantitative estimate of drug-likeness (QED) is 0.722. The fraction of sp³-hybridized carbons (Fsp3) is 0.238. The van der Waals surface area contributed by atoms with Crippen molar-refractivity contribution in [3.63, 3.8) is 0 Å². The van der Waals surface area contributed by atoms with Crippen LogP contribution in [0.2, 0.25) is 0 Å². The van der Waals surface area contributed by atoms with Crippen LogP contribution in [0, 0.1) is 0 Å². The van der Waals surface area contributed by atoms with Crippen molar-refractivity contribution < 1.29 is 8.42 Å². The molecule has 0 fully saturated rings. The number of rotatable bonds is 5. The van der Waals surface area contributed by atoms with Crippen molar-refractivity contribution in [1.29, 1.82) is 0 Å².